The van der Waals surface area contributed by atoms with E-state index >= 15 is 0 Å². The van der Waals surface area contributed by atoms with Crippen LogP contribution in [-0.2, 0) is 0 Å². The second-order valence-electron chi connectivity index (χ2n) is 4.20. The normalized spacial score (nSPS) is 15.3. The van der Waals surface area contributed by atoms with Crippen molar-refractivity contribution in [3.05, 3.63) is 22.8 Å². The van der Waals surface area contributed by atoms with E-state index in [9.17, 15) is 0 Å². The summed E-state index contributed by atoms with van der Waals surface area (Å²) >= 11 is 3.57. The highest BCUT2D eigenvalue weighted by Crippen LogP contribution is 2.32. The maximum Gasteiger partial charge on any atom is 0.142 e. The maximum atomic E-state index is 4.46. The Morgan fingerprint density at radius 1 is 1.53 bits per heavy atom. The Kier molecular flexibility index (Phi) is 3.62. The van der Waals surface area contributed by atoms with Crippen molar-refractivity contribution in [2.75, 3.05) is 18.0 Å². The van der Waals surface area contributed by atoms with Crippen LogP contribution >= 0.6 is 15.9 Å². The summed E-state index contributed by atoms with van der Waals surface area (Å²) in [7, 11) is 0. The predicted molar refractivity (Wildman–Crippen MR) is 67.2 cm³/mol. The minimum Gasteiger partial charge on any atom is -0.355 e. The summed E-state index contributed by atoms with van der Waals surface area (Å²) < 4.78 is 1.11. The van der Waals surface area contributed by atoms with Crippen molar-refractivity contribution in [3.63, 3.8) is 0 Å². The summed E-state index contributed by atoms with van der Waals surface area (Å²) in [5.41, 5.74) is 0. The van der Waals surface area contributed by atoms with Crippen molar-refractivity contribution in [3.8, 4) is 0 Å². The molecule has 1 aliphatic rings. The molecule has 15 heavy (non-hydrogen) atoms. The zero-order chi connectivity index (χ0) is 10.7. The lowest BCUT2D eigenvalue weighted by Gasteiger charge is -2.23. The Balaban J connectivity index is 2.11. The van der Waals surface area contributed by atoms with Gasteiger partial charge in [0.15, 0.2) is 0 Å². The van der Waals surface area contributed by atoms with Gasteiger partial charge in [-0.05, 0) is 53.2 Å². The highest BCUT2D eigenvalue weighted by molar-refractivity contribution is 9.10. The molecule has 0 unspecified atom stereocenters. The number of nitrogens with zero attached hydrogens (tertiary/aromatic N) is 2. The van der Waals surface area contributed by atoms with Gasteiger partial charge in [-0.2, -0.15) is 0 Å². The average molecular weight is 269 g/mol. The first-order valence-electron chi connectivity index (χ1n) is 5.66. The molecule has 2 rings (SSSR count). The molecule has 1 aliphatic carbocycles. The van der Waals surface area contributed by atoms with E-state index in [0.29, 0.717) is 0 Å². The SMILES string of the molecule is CCCN(CC1CC1)c1ncccc1Br. The van der Waals surface area contributed by atoms with Gasteiger partial charge >= 0.3 is 0 Å². The Morgan fingerprint density at radius 2 is 2.33 bits per heavy atom. The average Bonchev–Trinajstić information content (AvgIpc) is 3.02. The van der Waals surface area contributed by atoms with Gasteiger partial charge in [0.2, 0.25) is 0 Å². The summed E-state index contributed by atoms with van der Waals surface area (Å²) in [6.45, 7) is 4.49. The zero-order valence-electron chi connectivity index (χ0n) is 9.12. The molecule has 1 saturated carbocycles. The number of hydrogen-bond donors (Lipinski definition) is 0. The van der Waals surface area contributed by atoms with Gasteiger partial charge in [-0.1, -0.05) is 6.92 Å². The summed E-state index contributed by atoms with van der Waals surface area (Å²) in [6, 6.07) is 4.03. The van der Waals surface area contributed by atoms with Crippen LogP contribution in [0.3, 0.4) is 0 Å². The topological polar surface area (TPSA) is 16.1 Å². The molecule has 1 aromatic heterocycles. The molecule has 1 fully saturated rings. The van der Waals surface area contributed by atoms with Gasteiger partial charge in [0, 0.05) is 19.3 Å². The van der Waals surface area contributed by atoms with E-state index in [2.05, 4.69) is 38.8 Å². The van der Waals surface area contributed by atoms with Crippen molar-refractivity contribution in [1.29, 1.82) is 0 Å². The molecule has 0 aliphatic heterocycles. The fraction of sp³-hybridized carbons (Fsp3) is 0.583. The van der Waals surface area contributed by atoms with Gasteiger partial charge in [0.05, 0.1) is 4.47 Å². The van der Waals surface area contributed by atoms with Crippen LogP contribution in [-0.4, -0.2) is 18.1 Å². The van der Waals surface area contributed by atoms with Gasteiger partial charge in [-0.25, -0.2) is 4.98 Å². The molecule has 1 heterocycles. The Bertz CT molecular complexity index is 323. The molecule has 0 spiro atoms. The second kappa shape index (κ2) is 4.97. The van der Waals surface area contributed by atoms with Gasteiger partial charge in [-0.3, -0.25) is 0 Å². The molecular formula is C12H17BrN2. The standard InChI is InChI=1S/C12H17BrN2/c1-2-8-15(9-10-5-6-10)12-11(13)4-3-7-14-12/h3-4,7,10H,2,5-6,8-9H2,1H3. The van der Waals surface area contributed by atoms with Crippen LogP contribution in [0, 0.1) is 5.92 Å². The number of pyridine rings is 1. The molecular weight excluding hydrogens is 252 g/mol. The number of anilines is 1. The molecule has 0 radical (unpaired) electrons. The Morgan fingerprint density at radius 3 is 2.93 bits per heavy atom. The number of aromatic nitrogens is 1. The molecule has 82 valence electrons. The Hall–Kier alpha value is -0.570. The van der Waals surface area contributed by atoms with Crippen LogP contribution in [0.15, 0.2) is 22.8 Å². The largest absolute Gasteiger partial charge is 0.355 e. The van der Waals surface area contributed by atoms with Gasteiger partial charge in [0.25, 0.3) is 0 Å². The van der Waals surface area contributed by atoms with E-state index < -0.39 is 0 Å². The first-order valence-corrected chi connectivity index (χ1v) is 6.46. The van der Waals surface area contributed by atoms with Gasteiger partial charge in [0.1, 0.15) is 5.82 Å². The lowest BCUT2D eigenvalue weighted by molar-refractivity contribution is 0.698. The van der Waals surface area contributed by atoms with Gasteiger partial charge < -0.3 is 4.90 Å². The number of rotatable bonds is 5. The van der Waals surface area contributed by atoms with Crippen molar-refractivity contribution >= 4 is 21.7 Å². The lowest BCUT2D eigenvalue weighted by Crippen LogP contribution is -2.27. The van der Waals surface area contributed by atoms with Crippen LogP contribution in [0.4, 0.5) is 5.82 Å². The fourth-order valence-electron chi connectivity index (χ4n) is 1.78. The molecule has 3 heteroatoms. The van der Waals surface area contributed by atoms with E-state index in [0.717, 1.165) is 22.8 Å². The second-order valence-corrected chi connectivity index (χ2v) is 5.05. The first kappa shape index (κ1) is 10.9. The third-order valence-electron chi connectivity index (χ3n) is 2.71. The molecule has 0 N–H and O–H groups in total. The van der Waals surface area contributed by atoms with Crippen LogP contribution in [0.5, 0.6) is 0 Å². The van der Waals surface area contributed by atoms with E-state index in [-0.39, 0.29) is 0 Å². The van der Waals surface area contributed by atoms with Crippen molar-refractivity contribution < 1.29 is 0 Å². The minimum atomic E-state index is 0.908. The maximum absolute atomic E-state index is 4.46. The third-order valence-corrected chi connectivity index (χ3v) is 3.33. The third kappa shape index (κ3) is 2.94. The predicted octanol–water partition coefficient (Wildman–Crippen LogP) is 3.47. The lowest BCUT2D eigenvalue weighted by atomic mass is 10.3. The molecule has 0 bridgehead atoms. The van der Waals surface area contributed by atoms with Gasteiger partial charge in [-0.15, -0.1) is 0 Å². The molecule has 2 nitrogen and oxygen atoms in total. The van der Waals surface area contributed by atoms with Crippen molar-refractivity contribution in [2.24, 2.45) is 5.92 Å². The summed E-state index contributed by atoms with van der Waals surface area (Å²) in [6.07, 6.45) is 5.83. The van der Waals surface area contributed by atoms with Crippen molar-refractivity contribution in [2.45, 2.75) is 26.2 Å². The highest BCUT2D eigenvalue weighted by atomic mass is 79.9. The highest BCUT2D eigenvalue weighted by Gasteiger charge is 2.25. The molecule has 1 aromatic rings. The summed E-state index contributed by atoms with van der Waals surface area (Å²) in [5.74, 6) is 2.01. The van der Waals surface area contributed by atoms with Crippen LogP contribution in [0.1, 0.15) is 26.2 Å². The van der Waals surface area contributed by atoms with E-state index in [1.54, 1.807) is 0 Å². The molecule has 0 atom stereocenters. The Labute approximate surface area is 99.8 Å². The van der Waals surface area contributed by atoms with E-state index in [4.69, 9.17) is 0 Å². The van der Waals surface area contributed by atoms with Crippen LogP contribution in [0.25, 0.3) is 0 Å². The summed E-state index contributed by atoms with van der Waals surface area (Å²) in [5, 5.41) is 0. The monoisotopic (exact) mass is 268 g/mol. The van der Waals surface area contributed by atoms with Crippen LogP contribution < -0.4 is 4.90 Å². The van der Waals surface area contributed by atoms with Crippen LogP contribution in [0.2, 0.25) is 0 Å². The molecule has 0 amide bonds. The van der Waals surface area contributed by atoms with Crippen molar-refractivity contribution in [1.82, 2.24) is 4.98 Å². The summed E-state index contributed by atoms with van der Waals surface area (Å²) in [4.78, 5) is 6.86. The molecule has 0 aromatic carbocycles. The molecule has 0 saturated heterocycles. The van der Waals surface area contributed by atoms with E-state index in [1.165, 1.54) is 25.8 Å². The zero-order valence-corrected chi connectivity index (χ0v) is 10.7. The first-order chi connectivity index (χ1) is 7.31. The van der Waals surface area contributed by atoms with E-state index in [1.807, 2.05) is 12.3 Å². The quantitative estimate of drug-likeness (QED) is 0.813. The minimum absolute atomic E-state index is 0.908. The smallest absolute Gasteiger partial charge is 0.142 e. The number of hydrogen-bond acceptors (Lipinski definition) is 2. The fourth-order valence-corrected chi connectivity index (χ4v) is 2.28. The number of halogens is 1.